The Balaban J connectivity index is 1.63. The van der Waals surface area contributed by atoms with Crippen LogP contribution in [0.25, 0.3) is 0 Å². The van der Waals surface area contributed by atoms with Crippen LogP contribution in [-0.4, -0.2) is 23.2 Å². The van der Waals surface area contributed by atoms with Crippen LogP contribution in [0.4, 0.5) is 0 Å². The van der Waals surface area contributed by atoms with Crippen molar-refractivity contribution in [2.45, 2.75) is 63.0 Å². The smallest absolute Gasteiger partial charge is 0.227 e. The molecule has 1 amide bonds. The van der Waals surface area contributed by atoms with Crippen LogP contribution in [0.1, 0.15) is 54.9 Å². The highest BCUT2D eigenvalue weighted by molar-refractivity contribution is 7.10. The molecule has 1 heterocycles. The van der Waals surface area contributed by atoms with E-state index in [1.54, 1.807) is 11.3 Å². The fraction of sp³-hybridized carbons (Fsp3) is 0.667. The van der Waals surface area contributed by atoms with E-state index in [1.807, 2.05) is 0 Å². The molecule has 104 valence electrons. The predicted octanol–water partition coefficient (Wildman–Crippen LogP) is 2.59. The summed E-state index contributed by atoms with van der Waals surface area (Å²) in [4.78, 5) is 13.8. The van der Waals surface area contributed by atoms with E-state index in [0.29, 0.717) is 0 Å². The molecule has 19 heavy (non-hydrogen) atoms. The maximum Gasteiger partial charge on any atom is 0.227 e. The fourth-order valence-corrected chi connectivity index (χ4v) is 4.27. The van der Waals surface area contributed by atoms with Crippen molar-refractivity contribution in [2.75, 3.05) is 0 Å². The second-order valence-electron chi connectivity index (χ2n) is 5.76. The van der Waals surface area contributed by atoms with Gasteiger partial charge in [-0.15, -0.1) is 11.3 Å². The maximum atomic E-state index is 12.4. The molecule has 0 radical (unpaired) electrons. The average molecular weight is 279 g/mol. The molecule has 3 rings (SSSR count). The van der Waals surface area contributed by atoms with Crippen LogP contribution >= 0.6 is 11.3 Å². The van der Waals surface area contributed by atoms with Gasteiger partial charge in [0.1, 0.15) is 0 Å². The molecular formula is C15H21NO2S. The van der Waals surface area contributed by atoms with Crippen molar-refractivity contribution in [3.05, 3.63) is 21.9 Å². The minimum atomic E-state index is -0.161. The number of carbonyl (C=O) groups excluding carboxylic acids is 1. The number of aliphatic hydroxyl groups excluding tert-OH is 1. The van der Waals surface area contributed by atoms with Gasteiger partial charge in [-0.1, -0.05) is 0 Å². The molecule has 2 aliphatic rings. The monoisotopic (exact) mass is 279 g/mol. The van der Waals surface area contributed by atoms with Crippen molar-refractivity contribution in [3.63, 3.8) is 0 Å². The van der Waals surface area contributed by atoms with E-state index < -0.39 is 0 Å². The molecule has 0 spiro atoms. The fourth-order valence-electron chi connectivity index (χ4n) is 3.28. The summed E-state index contributed by atoms with van der Waals surface area (Å²) in [7, 11) is 0. The van der Waals surface area contributed by atoms with E-state index in [9.17, 15) is 9.90 Å². The number of amides is 1. The number of fused-ring (bicyclic) bond motifs is 1. The Morgan fingerprint density at radius 2 is 2.05 bits per heavy atom. The summed E-state index contributed by atoms with van der Waals surface area (Å²) in [5.41, 5.74) is 1.25. The third-order valence-corrected chi connectivity index (χ3v) is 5.41. The molecule has 3 nitrogen and oxygen atoms in total. The van der Waals surface area contributed by atoms with Gasteiger partial charge in [-0.25, -0.2) is 0 Å². The summed E-state index contributed by atoms with van der Waals surface area (Å²) in [6.45, 7) is 0. The zero-order valence-corrected chi connectivity index (χ0v) is 11.9. The largest absolute Gasteiger partial charge is 0.393 e. The van der Waals surface area contributed by atoms with Crippen LogP contribution in [-0.2, 0) is 11.2 Å². The highest BCUT2D eigenvalue weighted by Gasteiger charge is 2.29. The Kier molecular flexibility index (Phi) is 3.89. The number of aryl methyl sites for hydroxylation is 1. The molecule has 1 saturated carbocycles. The van der Waals surface area contributed by atoms with Crippen molar-refractivity contribution < 1.29 is 9.90 Å². The summed E-state index contributed by atoms with van der Waals surface area (Å²) in [6, 6.07) is 2.38. The summed E-state index contributed by atoms with van der Waals surface area (Å²) < 4.78 is 0. The number of aliphatic hydroxyl groups is 1. The van der Waals surface area contributed by atoms with Crippen molar-refractivity contribution in [2.24, 2.45) is 0 Å². The molecule has 0 aromatic carbocycles. The maximum absolute atomic E-state index is 12.4. The van der Waals surface area contributed by atoms with Gasteiger partial charge in [0, 0.05) is 10.9 Å². The lowest BCUT2D eigenvalue weighted by Gasteiger charge is -2.29. The van der Waals surface area contributed by atoms with Gasteiger partial charge in [0.05, 0.1) is 12.0 Å². The van der Waals surface area contributed by atoms with Crippen LogP contribution < -0.4 is 5.32 Å². The Morgan fingerprint density at radius 3 is 2.84 bits per heavy atom. The first-order chi connectivity index (χ1) is 9.24. The van der Waals surface area contributed by atoms with Crippen LogP contribution in [0.15, 0.2) is 11.4 Å². The van der Waals surface area contributed by atoms with Gasteiger partial charge in [-0.2, -0.15) is 0 Å². The standard InChI is InChI=1S/C15H21NO2S/c17-11-6-4-10(5-7-11)16-15(18)13-2-1-3-14-12(13)8-9-19-14/h8-11,13,17H,1-7H2,(H,16,18). The minimum absolute atomic E-state index is 0.0573. The van der Waals surface area contributed by atoms with Crippen molar-refractivity contribution in [1.29, 1.82) is 0 Å². The number of hydrogen-bond donors (Lipinski definition) is 2. The molecule has 1 unspecified atom stereocenters. The number of carbonyl (C=O) groups is 1. The van der Waals surface area contributed by atoms with Crippen LogP contribution in [0.2, 0.25) is 0 Å². The molecule has 1 aromatic heterocycles. The Hall–Kier alpha value is -0.870. The van der Waals surface area contributed by atoms with E-state index in [2.05, 4.69) is 16.8 Å². The molecule has 2 N–H and O–H groups in total. The van der Waals surface area contributed by atoms with Crippen molar-refractivity contribution in [3.8, 4) is 0 Å². The summed E-state index contributed by atoms with van der Waals surface area (Å²) >= 11 is 1.78. The van der Waals surface area contributed by atoms with Crippen molar-refractivity contribution >= 4 is 17.2 Å². The molecular weight excluding hydrogens is 258 g/mol. The number of hydrogen-bond acceptors (Lipinski definition) is 3. The van der Waals surface area contributed by atoms with Crippen LogP contribution in [0.5, 0.6) is 0 Å². The van der Waals surface area contributed by atoms with E-state index in [1.165, 1.54) is 10.4 Å². The lowest BCUT2D eigenvalue weighted by Crippen LogP contribution is -2.41. The SMILES string of the molecule is O=C(NC1CCC(O)CC1)C1CCCc2sccc21. The second kappa shape index (κ2) is 5.63. The molecule has 0 saturated heterocycles. The second-order valence-corrected chi connectivity index (χ2v) is 6.76. The number of rotatable bonds is 2. The van der Waals surface area contributed by atoms with E-state index in [0.717, 1.165) is 44.9 Å². The highest BCUT2D eigenvalue weighted by atomic mass is 32.1. The Bertz CT molecular complexity index is 449. The van der Waals surface area contributed by atoms with Crippen LogP contribution in [0, 0.1) is 0 Å². The predicted molar refractivity (Wildman–Crippen MR) is 76.4 cm³/mol. The first-order valence-corrected chi connectivity index (χ1v) is 8.16. The molecule has 1 atom stereocenters. The Labute approximate surface area is 118 Å². The summed E-state index contributed by atoms with van der Waals surface area (Å²) in [5, 5.41) is 14.8. The number of thiophene rings is 1. The van der Waals surface area contributed by atoms with E-state index in [4.69, 9.17) is 0 Å². The van der Waals surface area contributed by atoms with Gasteiger partial charge in [0.2, 0.25) is 5.91 Å². The Morgan fingerprint density at radius 1 is 1.26 bits per heavy atom. The zero-order valence-electron chi connectivity index (χ0n) is 11.1. The minimum Gasteiger partial charge on any atom is -0.393 e. The van der Waals surface area contributed by atoms with E-state index >= 15 is 0 Å². The third kappa shape index (κ3) is 2.84. The molecule has 4 heteroatoms. The van der Waals surface area contributed by atoms with Crippen molar-refractivity contribution in [1.82, 2.24) is 5.32 Å². The number of nitrogens with one attached hydrogen (secondary N) is 1. The third-order valence-electron chi connectivity index (χ3n) is 4.41. The van der Waals surface area contributed by atoms with Gasteiger partial charge in [-0.3, -0.25) is 4.79 Å². The van der Waals surface area contributed by atoms with Gasteiger partial charge in [0.15, 0.2) is 0 Å². The molecule has 1 fully saturated rings. The first kappa shape index (κ1) is 13.1. The molecule has 1 aromatic rings. The molecule has 0 bridgehead atoms. The quantitative estimate of drug-likeness (QED) is 0.874. The molecule has 0 aliphatic heterocycles. The molecule has 2 aliphatic carbocycles. The van der Waals surface area contributed by atoms with Gasteiger partial charge < -0.3 is 10.4 Å². The van der Waals surface area contributed by atoms with Gasteiger partial charge in [-0.05, 0) is 62.0 Å². The highest BCUT2D eigenvalue weighted by Crippen LogP contribution is 2.35. The first-order valence-electron chi connectivity index (χ1n) is 7.28. The van der Waals surface area contributed by atoms with Gasteiger partial charge in [0.25, 0.3) is 0 Å². The topological polar surface area (TPSA) is 49.3 Å². The lowest BCUT2D eigenvalue weighted by atomic mass is 9.86. The van der Waals surface area contributed by atoms with E-state index in [-0.39, 0.29) is 24.0 Å². The van der Waals surface area contributed by atoms with Crippen LogP contribution in [0.3, 0.4) is 0 Å². The van der Waals surface area contributed by atoms with Gasteiger partial charge >= 0.3 is 0 Å². The average Bonchev–Trinajstić information content (AvgIpc) is 2.89. The summed E-state index contributed by atoms with van der Waals surface area (Å²) in [6.07, 6.45) is 6.53. The summed E-state index contributed by atoms with van der Waals surface area (Å²) in [5.74, 6) is 0.252. The normalized spacial score (nSPS) is 30.7. The lowest BCUT2D eigenvalue weighted by molar-refractivity contribution is -0.124. The zero-order chi connectivity index (χ0) is 13.2.